The molecular formula is C20H20O3. The minimum absolute atomic E-state index is 0.0121. The molecule has 0 fully saturated rings. The first-order chi connectivity index (χ1) is 11.1. The average Bonchev–Trinajstić information content (AvgIpc) is 2.59. The van der Waals surface area contributed by atoms with Gasteiger partial charge in [-0.25, -0.2) is 0 Å². The Balaban J connectivity index is 1.64. The molecule has 0 amide bonds. The molecule has 0 unspecified atom stereocenters. The zero-order valence-corrected chi connectivity index (χ0v) is 13.3. The molecule has 1 aliphatic carbocycles. The highest BCUT2D eigenvalue weighted by Gasteiger charge is 2.13. The fraction of sp³-hybridized carbons (Fsp3) is 0.300. The molecule has 118 valence electrons. The Morgan fingerprint density at radius 2 is 1.57 bits per heavy atom. The number of rotatable bonds is 5. The first kappa shape index (κ1) is 15.5. The van der Waals surface area contributed by atoms with Crippen molar-refractivity contribution in [2.75, 3.05) is 6.61 Å². The fourth-order valence-electron chi connectivity index (χ4n) is 2.92. The largest absolute Gasteiger partial charge is 0.485 e. The van der Waals surface area contributed by atoms with Gasteiger partial charge in [0, 0.05) is 11.1 Å². The molecule has 0 aliphatic heterocycles. The average molecular weight is 308 g/mol. The van der Waals surface area contributed by atoms with Crippen LogP contribution in [0.25, 0.3) is 0 Å². The van der Waals surface area contributed by atoms with Gasteiger partial charge in [0.25, 0.3) is 0 Å². The number of hydrogen-bond donors (Lipinski definition) is 0. The highest BCUT2D eigenvalue weighted by molar-refractivity contribution is 5.97. The maximum atomic E-state index is 12.3. The van der Waals surface area contributed by atoms with E-state index in [1.165, 1.54) is 30.9 Å². The summed E-state index contributed by atoms with van der Waals surface area (Å²) < 4.78 is 5.54. The lowest BCUT2D eigenvalue weighted by molar-refractivity contribution is 0.0920. The molecule has 2 aromatic carbocycles. The predicted molar refractivity (Wildman–Crippen MR) is 89.4 cm³/mol. The van der Waals surface area contributed by atoms with E-state index in [9.17, 15) is 9.59 Å². The second kappa shape index (κ2) is 6.78. The number of carbonyl (C=O) groups excluding carboxylic acids is 2. The van der Waals surface area contributed by atoms with Crippen LogP contribution in [-0.2, 0) is 12.8 Å². The lowest BCUT2D eigenvalue weighted by Gasteiger charge is -2.16. The lowest BCUT2D eigenvalue weighted by Crippen LogP contribution is -2.13. The molecule has 0 atom stereocenters. The Labute approximate surface area is 136 Å². The maximum absolute atomic E-state index is 12.3. The zero-order chi connectivity index (χ0) is 16.2. The number of carbonyl (C=O) groups is 2. The second-order valence-corrected chi connectivity index (χ2v) is 5.98. The van der Waals surface area contributed by atoms with Crippen molar-refractivity contribution in [3.8, 4) is 5.75 Å². The van der Waals surface area contributed by atoms with Gasteiger partial charge in [-0.3, -0.25) is 9.59 Å². The third-order valence-electron chi connectivity index (χ3n) is 4.30. The topological polar surface area (TPSA) is 43.4 Å². The summed E-state index contributed by atoms with van der Waals surface area (Å²) in [5, 5.41) is 0. The summed E-state index contributed by atoms with van der Waals surface area (Å²) in [6, 6.07) is 12.8. The SMILES string of the molecule is CC(=O)c1ccc(OCC(=O)c2ccc3c(c2)CCCC3)cc1. The van der Waals surface area contributed by atoms with Gasteiger partial charge in [-0.2, -0.15) is 0 Å². The molecule has 23 heavy (non-hydrogen) atoms. The molecule has 1 aliphatic rings. The third-order valence-corrected chi connectivity index (χ3v) is 4.30. The van der Waals surface area contributed by atoms with Crippen LogP contribution < -0.4 is 4.74 Å². The van der Waals surface area contributed by atoms with E-state index in [4.69, 9.17) is 4.74 Å². The van der Waals surface area contributed by atoms with Crippen LogP contribution >= 0.6 is 0 Å². The summed E-state index contributed by atoms with van der Waals surface area (Å²) in [6.07, 6.45) is 4.61. The minimum Gasteiger partial charge on any atom is -0.485 e. The van der Waals surface area contributed by atoms with Crippen LogP contribution in [0.2, 0.25) is 0 Å². The zero-order valence-electron chi connectivity index (χ0n) is 13.3. The smallest absolute Gasteiger partial charge is 0.200 e. The van der Waals surface area contributed by atoms with Gasteiger partial charge >= 0.3 is 0 Å². The third kappa shape index (κ3) is 3.67. The number of ether oxygens (including phenoxy) is 1. The Morgan fingerprint density at radius 1 is 0.913 bits per heavy atom. The molecule has 0 bridgehead atoms. The van der Waals surface area contributed by atoms with Crippen molar-refractivity contribution < 1.29 is 14.3 Å². The van der Waals surface area contributed by atoms with Gasteiger partial charge in [0.1, 0.15) is 5.75 Å². The number of fused-ring (bicyclic) bond motifs is 1. The first-order valence-corrected chi connectivity index (χ1v) is 8.02. The summed E-state index contributed by atoms with van der Waals surface area (Å²) in [4.78, 5) is 23.5. The van der Waals surface area contributed by atoms with Crippen molar-refractivity contribution in [3.05, 3.63) is 64.7 Å². The molecule has 2 aromatic rings. The van der Waals surface area contributed by atoms with E-state index in [1.54, 1.807) is 24.3 Å². The molecule has 0 radical (unpaired) electrons. The van der Waals surface area contributed by atoms with Crippen LogP contribution in [0.3, 0.4) is 0 Å². The monoisotopic (exact) mass is 308 g/mol. The lowest BCUT2D eigenvalue weighted by atomic mass is 9.90. The van der Waals surface area contributed by atoms with E-state index in [1.807, 2.05) is 12.1 Å². The van der Waals surface area contributed by atoms with Gasteiger partial charge in [0.2, 0.25) is 0 Å². The van der Waals surface area contributed by atoms with E-state index in [0.29, 0.717) is 16.9 Å². The summed E-state index contributed by atoms with van der Waals surface area (Å²) in [6.45, 7) is 1.54. The summed E-state index contributed by atoms with van der Waals surface area (Å²) in [5.74, 6) is 0.594. The van der Waals surface area contributed by atoms with Crippen molar-refractivity contribution in [2.45, 2.75) is 32.6 Å². The normalized spacial score (nSPS) is 13.3. The molecule has 0 heterocycles. The van der Waals surface area contributed by atoms with Crippen LogP contribution in [0.4, 0.5) is 0 Å². The van der Waals surface area contributed by atoms with Crippen molar-refractivity contribution in [3.63, 3.8) is 0 Å². The molecule has 3 heteroatoms. The molecular weight excluding hydrogens is 288 g/mol. The first-order valence-electron chi connectivity index (χ1n) is 8.02. The summed E-state index contributed by atoms with van der Waals surface area (Å²) in [5.41, 5.74) is 4.02. The van der Waals surface area contributed by atoms with Gasteiger partial charge in [-0.05, 0) is 74.1 Å². The van der Waals surface area contributed by atoms with Crippen molar-refractivity contribution >= 4 is 11.6 Å². The number of aryl methyl sites for hydroxylation is 2. The predicted octanol–water partition coefficient (Wildman–Crippen LogP) is 4.03. The summed E-state index contributed by atoms with van der Waals surface area (Å²) >= 11 is 0. The van der Waals surface area contributed by atoms with E-state index in [2.05, 4.69) is 6.07 Å². The van der Waals surface area contributed by atoms with E-state index >= 15 is 0 Å². The van der Waals surface area contributed by atoms with E-state index < -0.39 is 0 Å². The molecule has 0 aromatic heterocycles. The fourth-order valence-corrected chi connectivity index (χ4v) is 2.92. The van der Waals surface area contributed by atoms with Crippen LogP contribution in [-0.4, -0.2) is 18.2 Å². The number of benzene rings is 2. The van der Waals surface area contributed by atoms with Gasteiger partial charge in [-0.15, -0.1) is 0 Å². The molecule has 0 saturated heterocycles. The molecule has 0 N–H and O–H groups in total. The van der Waals surface area contributed by atoms with Crippen LogP contribution in [0.5, 0.6) is 5.75 Å². The molecule has 3 rings (SSSR count). The van der Waals surface area contributed by atoms with Gasteiger partial charge in [-0.1, -0.05) is 12.1 Å². The summed E-state index contributed by atoms with van der Waals surface area (Å²) in [7, 11) is 0. The second-order valence-electron chi connectivity index (χ2n) is 5.98. The van der Waals surface area contributed by atoms with E-state index in [-0.39, 0.29) is 18.2 Å². The molecule has 3 nitrogen and oxygen atoms in total. The van der Waals surface area contributed by atoms with Crippen molar-refractivity contribution in [1.82, 2.24) is 0 Å². The van der Waals surface area contributed by atoms with Crippen LogP contribution in [0.1, 0.15) is 51.6 Å². The van der Waals surface area contributed by atoms with Gasteiger partial charge in [0.05, 0.1) is 0 Å². The number of Topliss-reactive ketones (excluding diaryl/α,β-unsaturated/α-hetero) is 2. The maximum Gasteiger partial charge on any atom is 0.200 e. The number of ketones is 2. The molecule has 0 spiro atoms. The number of hydrogen-bond acceptors (Lipinski definition) is 3. The minimum atomic E-state index is -0.0194. The highest BCUT2D eigenvalue weighted by Crippen LogP contribution is 2.22. The quantitative estimate of drug-likeness (QED) is 0.783. The molecule has 0 saturated carbocycles. The Morgan fingerprint density at radius 3 is 2.26 bits per heavy atom. The van der Waals surface area contributed by atoms with Crippen molar-refractivity contribution in [2.24, 2.45) is 0 Å². The van der Waals surface area contributed by atoms with Gasteiger partial charge < -0.3 is 4.74 Å². The van der Waals surface area contributed by atoms with Crippen LogP contribution in [0, 0.1) is 0 Å². The Bertz CT molecular complexity index is 729. The van der Waals surface area contributed by atoms with Gasteiger partial charge in [0.15, 0.2) is 18.2 Å². The van der Waals surface area contributed by atoms with Crippen molar-refractivity contribution in [1.29, 1.82) is 0 Å². The Hall–Kier alpha value is -2.42. The highest BCUT2D eigenvalue weighted by atomic mass is 16.5. The van der Waals surface area contributed by atoms with Crippen LogP contribution in [0.15, 0.2) is 42.5 Å². The Kier molecular flexibility index (Phi) is 4.56. The standard InChI is InChI=1S/C20H20O3/c1-14(21)15-8-10-19(11-9-15)23-13-20(22)18-7-6-16-4-2-3-5-17(16)12-18/h6-12H,2-5,13H2,1H3. The van der Waals surface area contributed by atoms with E-state index in [0.717, 1.165) is 12.8 Å².